The molecule has 0 radical (unpaired) electrons. The van der Waals surface area contributed by atoms with Crippen molar-refractivity contribution in [3.63, 3.8) is 0 Å². The smallest absolute Gasteiger partial charge is 0.223 e. The van der Waals surface area contributed by atoms with Gasteiger partial charge >= 0.3 is 0 Å². The van der Waals surface area contributed by atoms with Crippen LogP contribution >= 0.6 is 0 Å². The van der Waals surface area contributed by atoms with E-state index in [4.69, 9.17) is 0 Å². The topological polar surface area (TPSA) is 155 Å². The van der Waals surface area contributed by atoms with Gasteiger partial charge in [0.1, 0.15) is 0 Å². The summed E-state index contributed by atoms with van der Waals surface area (Å²) in [7, 11) is -5.32. The Balaban J connectivity index is 0. The zero-order valence-corrected chi connectivity index (χ0v) is 13.1. The molecule has 0 amide bonds. The highest BCUT2D eigenvalue weighted by molar-refractivity contribution is 8.03. The highest BCUT2D eigenvalue weighted by atomic mass is 32.3. The summed E-state index contributed by atoms with van der Waals surface area (Å²) < 4.78 is 81.3. The van der Waals surface area contributed by atoms with Gasteiger partial charge in [0.25, 0.3) is 0 Å². The largest absolute Gasteiger partial charge is 0.759 e. The van der Waals surface area contributed by atoms with Crippen LogP contribution in [0.2, 0.25) is 0 Å². The molecule has 0 spiro atoms. The molecular weight excluding hydrogens is 332 g/mol. The second-order valence-corrected chi connectivity index (χ2v) is 9.23. The summed E-state index contributed by atoms with van der Waals surface area (Å²) in [5.74, 6) is 0. The maximum absolute atomic E-state index is 10.5. The Labute approximate surface area is 111 Å². The molecule has 14 heteroatoms. The molecule has 0 aliphatic heterocycles. The van der Waals surface area contributed by atoms with Crippen molar-refractivity contribution < 1.29 is 34.4 Å². The van der Waals surface area contributed by atoms with Gasteiger partial charge in [-0.25, -0.2) is 16.8 Å². The monoisotopic (exact) mass is 344 g/mol. The van der Waals surface area contributed by atoms with Gasteiger partial charge in [-0.15, -0.1) is 0 Å². The summed E-state index contributed by atoms with van der Waals surface area (Å²) in [6.07, 6.45) is 1.65. The van der Waals surface area contributed by atoms with Crippen molar-refractivity contribution in [3.8, 4) is 0 Å². The van der Waals surface area contributed by atoms with Crippen LogP contribution in [0.15, 0.2) is 0 Å². The van der Waals surface area contributed by atoms with Crippen molar-refractivity contribution >= 4 is 42.6 Å². The van der Waals surface area contributed by atoms with E-state index in [9.17, 15) is 34.4 Å². The zero-order chi connectivity index (χ0) is 15.3. The lowest BCUT2D eigenvalue weighted by molar-refractivity contribution is 0.466. The number of rotatable bonds is 4. The Hall–Kier alpha value is 0.0400. The van der Waals surface area contributed by atoms with E-state index in [0.29, 0.717) is 3.71 Å². The van der Waals surface area contributed by atoms with Gasteiger partial charge in [-0.2, -0.15) is 3.71 Å². The number of hydrogen-bond donors (Lipinski definition) is 0. The predicted molar refractivity (Wildman–Crippen MR) is 63.1 cm³/mol. The van der Waals surface area contributed by atoms with Gasteiger partial charge in [-0.3, -0.25) is 8.42 Å². The summed E-state index contributed by atoms with van der Waals surface area (Å²) in [5, 5.41) is 0. The van der Waals surface area contributed by atoms with Crippen LogP contribution in [0.5, 0.6) is 0 Å². The van der Waals surface area contributed by atoms with E-state index in [1.165, 1.54) is 0 Å². The summed E-state index contributed by atoms with van der Waals surface area (Å²) >= 11 is -5.34. The highest BCUT2D eigenvalue weighted by Crippen LogP contribution is 1.98. The summed E-state index contributed by atoms with van der Waals surface area (Å²) in [6, 6.07) is 0. The highest BCUT2D eigenvalue weighted by Gasteiger charge is 2.20. The van der Waals surface area contributed by atoms with E-state index >= 15 is 0 Å². The Kier molecular flexibility index (Phi) is 8.58. The molecular formula is C4H12N2O8S4-2. The molecule has 0 aromatic heterocycles. The van der Waals surface area contributed by atoms with Crippen molar-refractivity contribution in [2.45, 2.75) is 0 Å². The van der Waals surface area contributed by atoms with Crippen molar-refractivity contribution in [3.05, 3.63) is 0 Å². The van der Waals surface area contributed by atoms with Gasteiger partial charge in [-0.1, -0.05) is 3.71 Å². The fraction of sp³-hybridized carbons (Fsp3) is 1.00. The van der Waals surface area contributed by atoms with Gasteiger partial charge in [0.05, 0.1) is 12.5 Å². The Morgan fingerprint density at radius 1 is 0.833 bits per heavy atom. The van der Waals surface area contributed by atoms with Crippen LogP contribution in [0.1, 0.15) is 0 Å². The molecule has 0 aliphatic carbocycles. The molecule has 0 heterocycles. The van der Waals surface area contributed by atoms with Crippen LogP contribution in [0.4, 0.5) is 0 Å². The average molecular weight is 344 g/mol. The summed E-state index contributed by atoms with van der Waals surface area (Å²) in [6.45, 7) is 0. The Bertz CT molecular complexity index is 463. The lowest BCUT2D eigenvalue weighted by Gasteiger charge is -2.19. The second kappa shape index (κ2) is 7.59. The van der Waals surface area contributed by atoms with Gasteiger partial charge in [0, 0.05) is 36.6 Å². The Morgan fingerprint density at radius 2 is 1.06 bits per heavy atom. The molecule has 2 atom stereocenters. The molecule has 0 aromatic rings. The molecule has 0 rings (SSSR count). The van der Waals surface area contributed by atoms with Crippen LogP contribution in [0.3, 0.4) is 0 Å². The standard InChI is InChI=1S/C3H9NO4S2.CH5NO4S2/c1-4(9(2,5)6)10(3,7)8;1-2(7(3)4)8(5)6/h1-3H3;1H3,(H,3,4)(H,5,6)/p-2. The SMILES string of the molecule is CN(S(=O)[O-])S(=O)[O-].CN(S(C)(=O)=O)S(C)(=O)=O. The van der Waals surface area contributed by atoms with Crippen molar-refractivity contribution in [2.75, 3.05) is 26.6 Å². The predicted octanol–water partition coefficient (Wildman–Crippen LogP) is -2.66. The lowest BCUT2D eigenvalue weighted by Crippen LogP contribution is -2.31. The van der Waals surface area contributed by atoms with E-state index in [1.54, 1.807) is 0 Å². The molecule has 112 valence electrons. The average Bonchev–Trinajstić information content (AvgIpc) is 2.13. The maximum Gasteiger partial charge on any atom is 0.223 e. The first kappa shape index (κ1) is 20.4. The van der Waals surface area contributed by atoms with Gasteiger partial charge in [0.2, 0.25) is 20.0 Å². The van der Waals surface area contributed by atoms with E-state index in [-0.39, 0.29) is 3.71 Å². The van der Waals surface area contributed by atoms with Crippen LogP contribution in [-0.4, -0.2) is 68.4 Å². The third-order valence-corrected chi connectivity index (χ3v) is 6.42. The zero-order valence-electron chi connectivity index (χ0n) is 9.79. The fourth-order valence-electron chi connectivity index (χ4n) is 0.296. The molecule has 2 unspecified atom stereocenters. The molecule has 0 aromatic carbocycles. The fourth-order valence-corrected chi connectivity index (χ4v) is 2.66. The van der Waals surface area contributed by atoms with Gasteiger partial charge in [0.15, 0.2) is 0 Å². The molecule has 0 saturated carbocycles. The number of hydrogen-bond acceptors (Lipinski definition) is 8. The molecule has 0 bridgehead atoms. The van der Waals surface area contributed by atoms with Crippen molar-refractivity contribution in [1.82, 2.24) is 7.42 Å². The lowest BCUT2D eigenvalue weighted by atomic mass is 11.6. The van der Waals surface area contributed by atoms with E-state index in [2.05, 4.69) is 0 Å². The van der Waals surface area contributed by atoms with Crippen LogP contribution in [0, 0.1) is 0 Å². The minimum Gasteiger partial charge on any atom is -0.759 e. The van der Waals surface area contributed by atoms with E-state index in [0.717, 1.165) is 26.6 Å². The molecule has 10 nitrogen and oxygen atoms in total. The Morgan fingerprint density at radius 3 is 1.06 bits per heavy atom. The van der Waals surface area contributed by atoms with Crippen LogP contribution in [-0.2, 0) is 42.6 Å². The molecule has 0 saturated heterocycles. The number of sulfonamides is 2. The normalized spacial score (nSPS) is 16.0. The number of nitrogens with zero attached hydrogens (tertiary/aromatic N) is 2. The van der Waals surface area contributed by atoms with E-state index < -0.39 is 42.6 Å². The summed E-state index contributed by atoms with van der Waals surface area (Å²) in [4.78, 5) is 0. The van der Waals surface area contributed by atoms with Gasteiger partial charge in [-0.05, 0) is 0 Å². The van der Waals surface area contributed by atoms with Crippen molar-refractivity contribution in [1.29, 1.82) is 0 Å². The first-order valence-corrected chi connectivity index (χ1v) is 9.53. The molecule has 18 heavy (non-hydrogen) atoms. The first-order chi connectivity index (χ1) is 7.71. The maximum atomic E-state index is 10.5. The van der Waals surface area contributed by atoms with Crippen molar-refractivity contribution in [2.24, 2.45) is 0 Å². The minimum absolute atomic E-state index is 0.167. The van der Waals surface area contributed by atoms with Crippen LogP contribution < -0.4 is 0 Å². The third-order valence-electron chi connectivity index (χ3n) is 1.35. The molecule has 0 fully saturated rings. The molecule has 0 aliphatic rings. The van der Waals surface area contributed by atoms with Crippen LogP contribution in [0.25, 0.3) is 0 Å². The van der Waals surface area contributed by atoms with Gasteiger partial charge < -0.3 is 9.11 Å². The second-order valence-electron chi connectivity index (χ2n) is 2.78. The quantitative estimate of drug-likeness (QED) is 0.500. The molecule has 0 N–H and O–H groups in total. The summed E-state index contributed by atoms with van der Waals surface area (Å²) in [5.41, 5.74) is 0. The minimum atomic E-state index is -3.62. The third kappa shape index (κ3) is 9.03. The van der Waals surface area contributed by atoms with E-state index in [1.807, 2.05) is 0 Å². The first-order valence-electron chi connectivity index (χ1n) is 3.77.